The van der Waals surface area contributed by atoms with Crippen molar-refractivity contribution in [1.29, 1.82) is 0 Å². The van der Waals surface area contributed by atoms with Crippen LogP contribution in [0.4, 0.5) is 10.5 Å². The number of likely N-dealkylation sites (tertiary alicyclic amines) is 1. The molecule has 1 heterocycles. The molecule has 12 heteroatoms. The topological polar surface area (TPSA) is 132 Å². The zero-order valence-corrected chi connectivity index (χ0v) is 21.9. The van der Waals surface area contributed by atoms with Gasteiger partial charge in [-0.25, -0.2) is 4.79 Å². The van der Waals surface area contributed by atoms with Gasteiger partial charge in [0.05, 0.1) is 29.9 Å². The Morgan fingerprint density at radius 1 is 1.03 bits per heavy atom. The van der Waals surface area contributed by atoms with Gasteiger partial charge < -0.3 is 29.6 Å². The molecule has 204 valence electrons. The lowest BCUT2D eigenvalue weighted by Gasteiger charge is -2.31. The summed E-state index contributed by atoms with van der Waals surface area (Å²) in [4.78, 5) is 49.9. The first kappa shape index (κ1) is 28.5. The molecule has 1 aliphatic heterocycles. The third-order valence-corrected chi connectivity index (χ3v) is 6.64. The Hall–Kier alpha value is -3.05. The number of esters is 1. The van der Waals surface area contributed by atoms with Crippen LogP contribution in [-0.2, 0) is 23.8 Å². The number of methoxy groups -OCH3 is 1. The van der Waals surface area contributed by atoms with E-state index in [0.29, 0.717) is 31.6 Å². The molecule has 0 unspecified atom stereocenters. The molecule has 2 N–H and O–H groups in total. The van der Waals surface area contributed by atoms with Crippen molar-refractivity contribution in [1.82, 2.24) is 10.2 Å². The van der Waals surface area contributed by atoms with Gasteiger partial charge in [0.15, 0.2) is 0 Å². The molecule has 1 aliphatic carbocycles. The summed E-state index contributed by atoms with van der Waals surface area (Å²) >= 11 is 6.22. The van der Waals surface area contributed by atoms with E-state index in [1.165, 1.54) is 26.2 Å². The Bertz CT molecular complexity index is 975. The van der Waals surface area contributed by atoms with Crippen LogP contribution in [-0.4, -0.2) is 74.5 Å². The van der Waals surface area contributed by atoms with E-state index in [1.807, 2.05) is 4.90 Å². The number of carbonyl (C=O) groups is 4. The molecule has 11 nitrogen and oxygen atoms in total. The fourth-order valence-electron chi connectivity index (χ4n) is 4.41. The standard InChI is InChI=1S/C25H34ClN3O8/c1-16(30)27-21-13-22(34-2)19(12-20(21)26)24(32)28-17-8-10-29(11-9-17)14-23(31)35-15-36-25(33)37-18-6-4-3-5-7-18/h12-13,17-18H,3-11,14-15H2,1-2H3,(H,27,30)(H,28,32). The van der Waals surface area contributed by atoms with Crippen molar-refractivity contribution in [3.8, 4) is 5.75 Å². The van der Waals surface area contributed by atoms with Crippen molar-refractivity contribution in [2.45, 2.75) is 64.0 Å². The zero-order chi connectivity index (χ0) is 26.8. The molecule has 1 aromatic carbocycles. The van der Waals surface area contributed by atoms with Gasteiger partial charge in [0.2, 0.25) is 12.7 Å². The second-order valence-electron chi connectivity index (χ2n) is 9.14. The number of nitrogens with one attached hydrogen (secondary N) is 2. The number of piperidine rings is 1. The summed E-state index contributed by atoms with van der Waals surface area (Å²) in [6.07, 6.45) is 5.18. The maximum atomic E-state index is 12.9. The van der Waals surface area contributed by atoms with Crippen LogP contribution in [0.2, 0.25) is 5.02 Å². The average Bonchev–Trinajstić information content (AvgIpc) is 2.86. The molecule has 1 aromatic rings. The number of halogens is 1. The summed E-state index contributed by atoms with van der Waals surface area (Å²) in [6, 6.07) is 2.86. The van der Waals surface area contributed by atoms with Crippen molar-refractivity contribution >= 4 is 41.2 Å². The number of anilines is 1. The molecular formula is C25H34ClN3O8. The summed E-state index contributed by atoms with van der Waals surface area (Å²) < 4.78 is 20.4. The van der Waals surface area contributed by atoms with Crippen molar-refractivity contribution < 1.29 is 38.1 Å². The Morgan fingerprint density at radius 3 is 2.38 bits per heavy atom. The Balaban J connectivity index is 1.37. The third-order valence-electron chi connectivity index (χ3n) is 6.33. The summed E-state index contributed by atoms with van der Waals surface area (Å²) in [5.41, 5.74) is 0.615. The zero-order valence-electron chi connectivity index (χ0n) is 21.2. The van der Waals surface area contributed by atoms with E-state index in [-0.39, 0.29) is 46.8 Å². The predicted molar refractivity (Wildman–Crippen MR) is 135 cm³/mol. The summed E-state index contributed by atoms with van der Waals surface area (Å²) in [7, 11) is 1.43. The van der Waals surface area contributed by atoms with Gasteiger partial charge in [0.1, 0.15) is 11.9 Å². The average molecular weight is 540 g/mol. The molecule has 0 spiro atoms. The largest absolute Gasteiger partial charge is 0.511 e. The lowest BCUT2D eigenvalue weighted by Crippen LogP contribution is -2.46. The monoisotopic (exact) mass is 539 g/mol. The quantitative estimate of drug-likeness (QED) is 0.357. The van der Waals surface area contributed by atoms with Crippen LogP contribution in [0.3, 0.4) is 0 Å². The van der Waals surface area contributed by atoms with Crippen molar-refractivity contribution in [3.05, 3.63) is 22.7 Å². The van der Waals surface area contributed by atoms with Crippen LogP contribution < -0.4 is 15.4 Å². The van der Waals surface area contributed by atoms with Crippen molar-refractivity contribution in [3.63, 3.8) is 0 Å². The van der Waals surface area contributed by atoms with Gasteiger partial charge in [-0.1, -0.05) is 18.0 Å². The number of carbonyl (C=O) groups excluding carboxylic acids is 4. The van der Waals surface area contributed by atoms with Crippen LogP contribution >= 0.6 is 11.6 Å². The smallest absolute Gasteiger partial charge is 0.496 e. The van der Waals surface area contributed by atoms with E-state index in [9.17, 15) is 19.2 Å². The number of nitrogens with zero attached hydrogens (tertiary/aromatic N) is 1. The first-order valence-electron chi connectivity index (χ1n) is 12.4. The van der Waals surface area contributed by atoms with Gasteiger partial charge in [-0.2, -0.15) is 0 Å². The molecule has 2 amide bonds. The number of ether oxygens (including phenoxy) is 4. The van der Waals surface area contributed by atoms with E-state index in [2.05, 4.69) is 10.6 Å². The molecule has 2 aliphatic rings. The Morgan fingerprint density at radius 2 is 1.73 bits per heavy atom. The van der Waals surface area contributed by atoms with E-state index in [4.69, 9.17) is 30.5 Å². The van der Waals surface area contributed by atoms with Crippen LogP contribution in [0.15, 0.2) is 12.1 Å². The predicted octanol–water partition coefficient (Wildman–Crippen LogP) is 3.49. The van der Waals surface area contributed by atoms with Gasteiger partial charge in [-0.05, 0) is 44.6 Å². The highest BCUT2D eigenvalue weighted by molar-refractivity contribution is 6.34. The molecule has 0 aromatic heterocycles. The number of hydrogen-bond acceptors (Lipinski definition) is 9. The molecule has 0 radical (unpaired) electrons. The van der Waals surface area contributed by atoms with Crippen LogP contribution in [0.5, 0.6) is 5.75 Å². The van der Waals surface area contributed by atoms with Crippen LogP contribution in [0.1, 0.15) is 62.2 Å². The second-order valence-corrected chi connectivity index (χ2v) is 9.55. The summed E-state index contributed by atoms with van der Waals surface area (Å²) in [6.45, 7) is 2.07. The molecular weight excluding hydrogens is 506 g/mol. The van der Waals surface area contributed by atoms with E-state index >= 15 is 0 Å². The Kier molecular flexibility index (Phi) is 10.8. The first-order valence-corrected chi connectivity index (χ1v) is 12.8. The fourth-order valence-corrected chi connectivity index (χ4v) is 4.62. The molecule has 1 saturated heterocycles. The van der Waals surface area contributed by atoms with Gasteiger partial charge in [-0.15, -0.1) is 0 Å². The van der Waals surface area contributed by atoms with Gasteiger partial charge in [0.25, 0.3) is 5.91 Å². The highest BCUT2D eigenvalue weighted by Gasteiger charge is 2.25. The number of rotatable bonds is 9. The van der Waals surface area contributed by atoms with Crippen LogP contribution in [0, 0.1) is 0 Å². The third kappa shape index (κ3) is 9.08. The molecule has 0 atom stereocenters. The molecule has 37 heavy (non-hydrogen) atoms. The maximum Gasteiger partial charge on any atom is 0.511 e. The lowest BCUT2D eigenvalue weighted by atomic mass is 9.98. The highest BCUT2D eigenvalue weighted by atomic mass is 35.5. The first-order chi connectivity index (χ1) is 17.7. The molecule has 1 saturated carbocycles. The second kappa shape index (κ2) is 14.0. The number of benzene rings is 1. The number of amides is 2. The SMILES string of the molecule is COc1cc(NC(C)=O)c(Cl)cc1C(=O)NC1CCN(CC(=O)OCOC(=O)OC2CCCCC2)CC1. The maximum absolute atomic E-state index is 12.9. The van der Waals surface area contributed by atoms with Crippen molar-refractivity contribution in [2.24, 2.45) is 0 Å². The molecule has 0 bridgehead atoms. The number of hydrogen-bond donors (Lipinski definition) is 2. The summed E-state index contributed by atoms with van der Waals surface area (Å²) in [5.74, 6) is -0.855. The van der Waals surface area contributed by atoms with E-state index in [0.717, 1.165) is 32.1 Å². The minimum absolute atomic E-state index is 0.0513. The molecule has 3 rings (SSSR count). The van der Waals surface area contributed by atoms with E-state index < -0.39 is 18.9 Å². The van der Waals surface area contributed by atoms with Crippen LogP contribution in [0.25, 0.3) is 0 Å². The van der Waals surface area contributed by atoms with E-state index in [1.54, 1.807) is 0 Å². The minimum Gasteiger partial charge on any atom is -0.496 e. The van der Waals surface area contributed by atoms with Gasteiger partial charge in [-0.3, -0.25) is 19.3 Å². The Labute approximate surface area is 221 Å². The normalized spacial score (nSPS) is 16.9. The van der Waals surface area contributed by atoms with Gasteiger partial charge in [0, 0.05) is 32.1 Å². The molecule has 2 fully saturated rings. The van der Waals surface area contributed by atoms with Gasteiger partial charge >= 0.3 is 12.1 Å². The fraction of sp³-hybridized carbons (Fsp3) is 0.600. The lowest BCUT2D eigenvalue weighted by molar-refractivity contribution is -0.155. The van der Waals surface area contributed by atoms with Crippen molar-refractivity contribution in [2.75, 3.05) is 38.9 Å². The minimum atomic E-state index is -0.820. The highest BCUT2D eigenvalue weighted by Crippen LogP contribution is 2.31. The summed E-state index contributed by atoms with van der Waals surface area (Å²) in [5, 5.41) is 5.79.